The highest BCUT2D eigenvalue weighted by Crippen LogP contribution is 2.32. The summed E-state index contributed by atoms with van der Waals surface area (Å²) in [6.07, 6.45) is 2.19. The van der Waals surface area contributed by atoms with Gasteiger partial charge >= 0.3 is 5.97 Å². The molecule has 3 rings (SSSR count). The van der Waals surface area contributed by atoms with Crippen LogP contribution in [-0.2, 0) is 4.79 Å². The number of methoxy groups -OCH3 is 2. The summed E-state index contributed by atoms with van der Waals surface area (Å²) in [5.41, 5.74) is 3.30. The van der Waals surface area contributed by atoms with E-state index >= 15 is 0 Å². The zero-order valence-corrected chi connectivity index (χ0v) is 20.1. The van der Waals surface area contributed by atoms with E-state index in [2.05, 4.69) is 22.0 Å². The van der Waals surface area contributed by atoms with Crippen LogP contribution in [0, 0.1) is 0 Å². The lowest BCUT2D eigenvalue weighted by Crippen LogP contribution is -2.09. The highest BCUT2D eigenvalue weighted by atomic mass is 79.9. The van der Waals surface area contributed by atoms with Gasteiger partial charge in [0.1, 0.15) is 17.2 Å². The quantitative estimate of drug-likeness (QED) is 0.327. The molecule has 0 unspecified atom stereocenters. The van der Waals surface area contributed by atoms with Gasteiger partial charge in [0, 0.05) is 10.6 Å². The lowest BCUT2D eigenvalue weighted by atomic mass is 9.97. The SMILES string of the molecule is COc1ccc(C(=CCSc2ccc(OCC(=O)O)c(Br)c2)c2ccc(OC)cc2)cc1. The van der Waals surface area contributed by atoms with Crippen molar-refractivity contribution in [1.82, 2.24) is 0 Å². The molecule has 0 atom stereocenters. The van der Waals surface area contributed by atoms with E-state index in [1.54, 1.807) is 32.0 Å². The van der Waals surface area contributed by atoms with E-state index in [0.717, 1.165) is 43.3 Å². The molecule has 0 saturated heterocycles. The van der Waals surface area contributed by atoms with Crippen LogP contribution < -0.4 is 14.2 Å². The summed E-state index contributed by atoms with van der Waals surface area (Å²) in [5, 5.41) is 8.77. The third-order valence-corrected chi connectivity index (χ3v) is 6.13. The summed E-state index contributed by atoms with van der Waals surface area (Å²) in [4.78, 5) is 11.7. The van der Waals surface area contributed by atoms with Crippen LogP contribution in [0.25, 0.3) is 5.57 Å². The normalized spacial score (nSPS) is 10.3. The van der Waals surface area contributed by atoms with E-state index in [1.807, 2.05) is 60.7 Å². The molecule has 0 heterocycles. The maximum atomic E-state index is 10.7. The van der Waals surface area contributed by atoms with Crippen LogP contribution in [-0.4, -0.2) is 37.7 Å². The maximum absolute atomic E-state index is 10.7. The summed E-state index contributed by atoms with van der Waals surface area (Å²) >= 11 is 5.12. The Balaban J connectivity index is 1.79. The number of aliphatic carboxylic acids is 1. The number of ether oxygens (including phenoxy) is 3. The molecule has 0 fully saturated rings. The van der Waals surface area contributed by atoms with Crippen molar-refractivity contribution in [3.05, 3.63) is 88.4 Å². The Morgan fingerprint density at radius 1 is 0.938 bits per heavy atom. The molecule has 32 heavy (non-hydrogen) atoms. The number of rotatable bonds is 10. The minimum atomic E-state index is -1.01. The third kappa shape index (κ3) is 6.55. The molecule has 7 heteroatoms. The van der Waals surface area contributed by atoms with Gasteiger partial charge in [0.25, 0.3) is 0 Å². The van der Waals surface area contributed by atoms with Gasteiger partial charge in [-0.1, -0.05) is 30.3 Å². The van der Waals surface area contributed by atoms with Crippen molar-refractivity contribution in [3.8, 4) is 17.2 Å². The molecule has 0 aliphatic rings. The summed E-state index contributed by atoms with van der Waals surface area (Å²) in [7, 11) is 3.31. The number of thioether (sulfide) groups is 1. The summed E-state index contributed by atoms with van der Waals surface area (Å²) in [6, 6.07) is 21.6. The Morgan fingerprint density at radius 2 is 1.50 bits per heavy atom. The predicted octanol–water partition coefficient (Wildman–Crippen LogP) is 6.15. The molecule has 0 aliphatic heterocycles. The van der Waals surface area contributed by atoms with Gasteiger partial charge in [-0.15, -0.1) is 11.8 Å². The van der Waals surface area contributed by atoms with E-state index in [9.17, 15) is 4.79 Å². The number of carbonyl (C=O) groups is 1. The number of hydrogen-bond donors (Lipinski definition) is 1. The molecule has 0 bridgehead atoms. The van der Waals surface area contributed by atoms with Crippen LogP contribution in [0.5, 0.6) is 17.2 Å². The van der Waals surface area contributed by atoms with Gasteiger partial charge < -0.3 is 19.3 Å². The molecule has 0 amide bonds. The van der Waals surface area contributed by atoms with Crippen LogP contribution in [0.1, 0.15) is 11.1 Å². The van der Waals surface area contributed by atoms with Gasteiger partial charge in [-0.25, -0.2) is 4.79 Å². The third-order valence-electron chi connectivity index (χ3n) is 4.59. The van der Waals surface area contributed by atoms with E-state index in [4.69, 9.17) is 19.3 Å². The first-order valence-corrected chi connectivity index (χ1v) is 11.5. The number of hydrogen-bond acceptors (Lipinski definition) is 5. The van der Waals surface area contributed by atoms with Crippen LogP contribution in [0.15, 0.2) is 82.2 Å². The molecule has 166 valence electrons. The van der Waals surface area contributed by atoms with Gasteiger partial charge in [0.05, 0.1) is 18.7 Å². The fraction of sp³-hybridized carbons (Fsp3) is 0.160. The van der Waals surface area contributed by atoms with Crippen molar-refractivity contribution < 1.29 is 24.1 Å². The molecule has 0 aliphatic carbocycles. The lowest BCUT2D eigenvalue weighted by molar-refractivity contribution is -0.139. The van der Waals surface area contributed by atoms with Crippen molar-refractivity contribution in [3.63, 3.8) is 0 Å². The van der Waals surface area contributed by atoms with Crippen molar-refractivity contribution in [1.29, 1.82) is 0 Å². The van der Waals surface area contributed by atoms with E-state index in [0.29, 0.717) is 5.75 Å². The largest absolute Gasteiger partial charge is 0.497 e. The fourth-order valence-corrected chi connectivity index (χ4v) is 4.45. The van der Waals surface area contributed by atoms with Gasteiger partial charge in [-0.2, -0.15) is 0 Å². The zero-order valence-electron chi connectivity index (χ0n) is 17.7. The summed E-state index contributed by atoms with van der Waals surface area (Å²) < 4.78 is 16.6. The zero-order chi connectivity index (χ0) is 22.9. The number of carboxylic acids is 1. The Morgan fingerprint density at radius 3 is 1.97 bits per heavy atom. The number of carboxylic acid groups (broad SMARTS) is 1. The Bertz CT molecular complexity index is 1030. The Kier molecular flexibility index (Phi) is 8.64. The molecular formula is C25H23BrO5S. The van der Waals surface area contributed by atoms with Crippen molar-refractivity contribution in [2.24, 2.45) is 0 Å². The average molecular weight is 515 g/mol. The van der Waals surface area contributed by atoms with Crippen LogP contribution in [0.4, 0.5) is 0 Å². The highest BCUT2D eigenvalue weighted by molar-refractivity contribution is 9.10. The molecule has 0 saturated carbocycles. The minimum Gasteiger partial charge on any atom is -0.497 e. The standard InChI is InChI=1S/C25H23BrO5S/c1-29-19-7-3-17(4-8-19)22(18-5-9-20(30-2)10-6-18)13-14-32-21-11-12-24(23(26)15-21)31-16-25(27)28/h3-13,15H,14,16H2,1-2H3,(H,27,28). The van der Waals surface area contributed by atoms with E-state index < -0.39 is 5.97 Å². The molecule has 3 aromatic rings. The summed E-state index contributed by atoms with van der Waals surface area (Å²) in [5.74, 6) is 1.86. The second-order valence-electron chi connectivity index (χ2n) is 6.66. The van der Waals surface area contributed by atoms with Crippen LogP contribution in [0.3, 0.4) is 0 Å². The molecule has 3 aromatic carbocycles. The average Bonchev–Trinajstić information content (AvgIpc) is 2.81. The smallest absolute Gasteiger partial charge is 0.341 e. The molecular weight excluding hydrogens is 492 g/mol. The second-order valence-corrected chi connectivity index (χ2v) is 8.61. The molecule has 0 aromatic heterocycles. The van der Waals surface area contributed by atoms with Crippen molar-refractivity contribution >= 4 is 39.2 Å². The fourth-order valence-electron chi connectivity index (χ4n) is 2.99. The molecule has 5 nitrogen and oxygen atoms in total. The molecule has 0 spiro atoms. The first kappa shape index (κ1) is 23.8. The monoisotopic (exact) mass is 514 g/mol. The second kappa shape index (κ2) is 11.6. The number of benzene rings is 3. The van der Waals surface area contributed by atoms with E-state index in [-0.39, 0.29) is 6.61 Å². The first-order valence-electron chi connectivity index (χ1n) is 9.76. The Labute approximate surface area is 200 Å². The Hall–Kier alpha value is -2.90. The highest BCUT2D eigenvalue weighted by Gasteiger charge is 2.08. The predicted molar refractivity (Wildman–Crippen MR) is 131 cm³/mol. The molecule has 0 radical (unpaired) electrons. The van der Waals surface area contributed by atoms with Gasteiger partial charge in [0.2, 0.25) is 0 Å². The topological polar surface area (TPSA) is 65.0 Å². The maximum Gasteiger partial charge on any atom is 0.341 e. The summed E-state index contributed by atoms with van der Waals surface area (Å²) in [6.45, 7) is -0.374. The molecule has 1 N–H and O–H groups in total. The van der Waals surface area contributed by atoms with Crippen LogP contribution >= 0.6 is 27.7 Å². The minimum absolute atomic E-state index is 0.374. The van der Waals surface area contributed by atoms with Crippen molar-refractivity contribution in [2.45, 2.75) is 4.90 Å². The van der Waals surface area contributed by atoms with Gasteiger partial charge in [-0.05, 0) is 75.1 Å². The lowest BCUT2D eigenvalue weighted by Gasteiger charge is -2.11. The van der Waals surface area contributed by atoms with Crippen LogP contribution in [0.2, 0.25) is 0 Å². The first-order chi connectivity index (χ1) is 15.5. The van der Waals surface area contributed by atoms with Crippen molar-refractivity contribution in [2.75, 3.05) is 26.6 Å². The van der Waals surface area contributed by atoms with E-state index in [1.165, 1.54) is 0 Å². The number of halogens is 1. The van der Waals surface area contributed by atoms with Gasteiger partial charge in [-0.3, -0.25) is 0 Å². The van der Waals surface area contributed by atoms with Gasteiger partial charge in [0.15, 0.2) is 6.61 Å².